The van der Waals surface area contributed by atoms with Crippen molar-refractivity contribution in [3.8, 4) is 11.5 Å². The lowest BCUT2D eigenvalue weighted by atomic mass is 10.2. The molecule has 0 saturated carbocycles. The van der Waals surface area contributed by atoms with Gasteiger partial charge in [-0.15, -0.1) is 11.8 Å². The molecule has 0 spiro atoms. The minimum atomic E-state index is 0.117. The lowest BCUT2D eigenvalue weighted by Gasteiger charge is -2.06. The van der Waals surface area contributed by atoms with E-state index in [-0.39, 0.29) is 11.5 Å². The molecule has 0 saturated heterocycles. The predicted molar refractivity (Wildman–Crippen MR) is 70.8 cm³/mol. The highest BCUT2D eigenvalue weighted by molar-refractivity contribution is 7.98. The summed E-state index contributed by atoms with van der Waals surface area (Å²) in [5.74, 6) is 0.748. The molecule has 2 aromatic rings. The second-order valence-corrected chi connectivity index (χ2v) is 5.00. The summed E-state index contributed by atoms with van der Waals surface area (Å²) in [6.07, 6.45) is 0. The minimum absolute atomic E-state index is 0.117. The third-order valence-corrected chi connectivity index (χ3v) is 3.61. The fraction of sp³-hybridized carbons (Fsp3) is 0.0769. The molecule has 0 aliphatic carbocycles. The molecule has 4 heteroatoms. The Morgan fingerprint density at radius 3 is 2.12 bits per heavy atom. The monoisotopic (exact) mass is 266 g/mol. The average molecular weight is 267 g/mol. The zero-order valence-corrected chi connectivity index (χ0v) is 10.5. The Morgan fingerprint density at radius 2 is 1.53 bits per heavy atom. The molecule has 0 aliphatic rings. The van der Waals surface area contributed by atoms with Crippen molar-refractivity contribution >= 4 is 23.4 Å². The Bertz CT molecular complexity index is 491. The van der Waals surface area contributed by atoms with Gasteiger partial charge >= 0.3 is 0 Å². The van der Waals surface area contributed by atoms with E-state index >= 15 is 0 Å². The van der Waals surface area contributed by atoms with Gasteiger partial charge < -0.3 is 10.2 Å². The van der Waals surface area contributed by atoms with Gasteiger partial charge in [-0.2, -0.15) is 0 Å². The van der Waals surface area contributed by atoms with E-state index in [2.05, 4.69) is 0 Å². The van der Waals surface area contributed by atoms with Crippen LogP contribution < -0.4 is 0 Å². The Hall–Kier alpha value is -1.32. The molecule has 0 amide bonds. The molecule has 17 heavy (non-hydrogen) atoms. The van der Waals surface area contributed by atoms with Crippen LogP contribution in [0.2, 0.25) is 5.02 Å². The molecule has 0 aromatic heterocycles. The maximum atomic E-state index is 9.62. The largest absolute Gasteiger partial charge is 0.507 e. The zero-order chi connectivity index (χ0) is 12.3. The van der Waals surface area contributed by atoms with E-state index in [9.17, 15) is 10.2 Å². The first kappa shape index (κ1) is 12.1. The molecule has 2 rings (SSSR count). The minimum Gasteiger partial charge on any atom is -0.507 e. The highest BCUT2D eigenvalue weighted by Gasteiger charge is 2.07. The lowest BCUT2D eigenvalue weighted by molar-refractivity contribution is 0.442. The summed E-state index contributed by atoms with van der Waals surface area (Å²) in [7, 11) is 0. The van der Waals surface area contributed by atoms with E-state index in [4.69, 9.17) is 11.6 Å². The molecular weight excluding hydrogens is 256 g/mol. The Kier molecular flexibility index (Phi) is 3.82. The van der Waals surface area contributed by atoms with Gasteiger partial charge in [0.1, 0.15) is 11.5 Å². The van der Waals surface area contributed by atoms with Crippen molar-refractivity contribution in [2.24, 2.45) is 0 Å². The maximum Gasteiger partial charge on any atom is 0.123 e. The summed E-state index contributed by atoms with van der Waals surface area (Å²) >= 11 is 7.32. The van der Waals surface area contributed by atoms with Crippen LogP contribution in [0.3, 0.4) is 0 Å². The van der Waals surface area contributed by atoms with Crippen LogP contribution in [-0.2, 0) is 5.75 Å². The summed E-state index contributed by atoms with van der Waals surface area (Å²) in [6, 6.07) is 12.2. The molecular formula is C13H11ClO2S. The van der Waals surface area contributed by atoms with Crippen LogP contribution in [0.1, 0.15) is 5.56 Å². The number of hydrogen-bond acceptors (Lipinski definition) is 3. The number of benzene rings is 2. The van der Waals surface area contributed by atoms with Crippen LogP contribution in [-0.4, -0.2) is 10.2 Å². The summed E-state index contributed by atoms with van der Waals surface area (Å²) in [6.45, 7) is 0. The first-order chi connectivity index (χ1) is 8.16. The van der Waals surface area contributed by atoms with Crippen molar-refractivity contribution in [3.63, 3.8) is 0 Å². The maximum absolute atomic E-state index is 9.62. The van der Waals surface area contributed by atoms with E-state index in [1.165, 1.54) is 11.8 Å². The standard InChI is InChI=1S/C13H11ClO2S/c14-9-4-6-10(7-5-9)17-8-11-12(15)2-1-3-13(11)16/h1-7,15-16H,8H2. The van der Waals surface area contributed by atoms with Crippen LogP contribution in [0.5, 0.6) is 11.5 Å². The molecule has 0 aliphatic heterocycles. The van der Waals surface area contributed by atoms with Gasteiger partial charge in [0.2, 0.25) is 0 Å². The van der Waals surface area contributed by atoms with Gasteiger partial charge in [0.15, 0.2) is 0 Å². The number of aromatic hydroxyl groups is 2. The fourth-order valence-corrected chi connectivity index (χ4v) is 2.46. The van der Waals surface area contributed by atoms with Crippen LogP contribution in [0.25, 0.3) is 0 Å². The van der Waals surface area contributed by atoms with Gasteiger partial charge in [0, 0.05) is 21.2 Å². The molecule has 2 nitrogen and oxygen atoms in total. The zero-order valence-electron chi connectivity index (χ0n) is 8.93. The molecule has 0 unspecified atom stereocenters. The molecule has 88 valence electrons. The summed E-state index contributed by atoms with van der Waals surface area (Å²) in [5, 5.41) is 19.9. The molecule has 2 N–H and O–H groups in total. The fourth-order valence-electron chi connectivity index (χ4n) is 1.40. The van der Waals surface area contributed by atoms with Gasteiger partial charge in [-0.3, -0.25) is 0 Å². The molecule has 2 aromatic carbocycles. The van der Waals surface area contributed by atoms with E-state index in [0.29, 0.717) is 16.3 Å². The number of thioether (sulfide) groups is 1. The third kappa shape index (κ3) is 3.08. The number of halogens is 1. The van der Waals surface area contributed by atoms with Gasteiger partial charge in [-0.05, 0) is 36.4 Å². The van der Waals surface area contributed by atoms with Crippen molar-refractivity contribution < 1.29 is 10.2 Å². The average Bonchev–Trinajstić information content (AvgIpc) is 2.31. The SMILES string of the molecule is Oc1cccc(O)c1CSc1ccc(Cl)cc1. The smallest absolute Gasteiger partial charge is 0.123 e. The Morgan fingerprint density at radius 1 is 0.941 bits per heavy atom. The molecule has 0 radical (unpaired) electrons. The molecule has 0 bridgehead atoms. The topological polar surface area (TPSA) is 40.5 Å². The van der Waals surface area contributed by atoms with Gasteiger partial charge in [-0.25, -0.2) is 0 Å². The second kappa shape index (κ2) is 5.34. The third-order valence-electron chi connectivity index (χ3n) is 2.32. The highest BCUT2D eigenvalue weighted by Crippen LogP contribution is 2.33. The van der Waals surface area contributed by atoms with E-state index in [1.54, 1.807) is 18.2 Å². The predicted octanol–water partition coefficient (Wildman–Crippen LogP) is 4.04. The Balaban J connectivity index is 2.10. The number of phenols is 2. The van der Waals surface area contributed by atoms with E-state index in [1.807, 2.05) is 24.3 Å². The molecule has 0 heterocycles. The number of phenolic OH excluding ortho intramolecular Hbond substituents is 2. The van der Waals surface area contributed by atoms with E-state index < -0.39 is 0 Å². The van der Waals surface area contributed by atoms with Crippen molar-refractivity contribution in [2.45, 2.75) is 10.6 Å². The normalized spacial score (nSPS) is 10.4. The van der Waals surface area contributed by atoms with E-state index in [0.717, 1.165) is 4.90 Å². The first-order valence-corrected chi connectivity index (χ1v) is 6.41. The second-order valence-electron chi connectivity index (χ2n) is 3.52. The highest BCUT2D eigenvalue weighted by atomic mass is 35.5. The quantitative estimate of drug-likeness (QED) is 0.824. The van der Waals surface area contributed by atoms with Crippen LogP contribution >= 0.6 is 23.4 Å². The van der Waals surface area contributed by atoms with Crippen molar-refractivity contribution in [3.05, 3.63) is 53.1 Å². The first-order valence-electron chi connectivity index (χ1n) is 5.05. The molecule has 0 fully saturated rings. The van der Waals surface area contributed by atoms with Crippen LogP contribution in [0.15, 0.2) is 47.4 Å². The van der Waals surface area contributed by atoms with Crippen molar-refractivity contribution in [2.75, 3.05) is 0 Å². The van der Waals surface area contributed by atoms with Crippen LogP contribution in [0.4, 0.5) is 0 Å². The Labute approximate surface area is 109 Å². The summed E-state index contributed by atoms with van der Waals surface area (Å²) in [4.78, 5) is 1.04. The number of rotatable bonds is 3. The van der Waals surface area contributed by atoms with Gasteiger partial charge in [-0.1, -0.05) is 17.7 Å². The molecule has 0 atom stereocenters. The van der Waals surface area contributed by atoms with Gasteiger partial charge in [0.05, 0.1) is 0 Å². The summed E-state index contributed by atoms with van der Waals surface area (Å²) in [5.41, 5.74) is 0.549. The van der Waals surface area contributed by atoms with Crippen molar-refractivity contribution in [1.82, 2.24) is 0 Å². The van der Waals surface area contributed by atoms with Crippen LogP contribution in [0, 0.1) is 0 Å². The summed E-state index contributed by atoms with van der Waals surface area (Å²) < 4.78 is 0. The lowest BCUT2D eigenvalue weighted by Crippen LogP contribution is -1.83. The number of hydrogen-bond donors (Lipinski definition) is 2. The van der Waals surface area contributed by atoms with Gasteiger partial charge in [0.25, 0.3) is 0 Å². The van der Waals surface area contributed by atoms with Crippen molar-refractivity contribution in [1.29, 1.82) is 0 Å².